The van der Waals surface area contributed by atoms with Crippen molar-refractivity contribution < 1.29 is 19.1 Å². The van der Waals surface area contributed by atoms with E-state index in [2.05, 4.69) is 33.2 Å². The lowest BCUT2D eigenvalue weighted by Gasteiger charge is -2.12. The molecule has 1 aliphatic carbocycles. The second-order valence-corrected chi connectivity index (χ2v) is 6.33. The normalized spacial score (nSPS) is 14.4. The van der Waals surface area contributed by atoms with Crippen molar-refractivity contribution in [2.75, 3.05) is 6.61 Å². The molecule has 7 heteroatoms. The first-order valence-corrected chi connectivity index (χ1v) is 8.15. The van der Waals surface area contributed by atoms with Gasteiger partial charge < -0.3 is 10.1 Å². The number of halogens is 1. The molecular weight excluding hydrogens is 399 g/mol. The van der Waals surface area contributed by atoms with Crippen molar-refractivity contribution in [1.29, 1.82) is 0 Å². The summed E-state index contributed by atoms with van der Waals surface area (Å²) in [5.41, 5.74) is 0.364. The first kappa shape index (κ1) is 16.7. The number of hydrogen-bond acceptors (Lipinski definition) is 4. The first-order chi connectivity index (χ1) is 10.5. The molecule has 0 spiro atoms. The molecule has 3 amide bonds. The topological polar surface area (TPSA) is 84.5 Å². The summed E-state index contributed by atoms with van der Waals surface area (Å²) in [6, 6.07) is 6.37. The van der Waals surface area contributed by atoms with Crippen LogP contribution in [0.25, 0.3) is 0 Å². The van der Waals surface area contributed by atoms with Crippen molar-refractivity contribution in [3.05, 3.63) is 33.4 Å². The standard InChI is InChI=1S/C15H17IN2O4/c16-11-7-5-10(6-8-11)14(20)22-9-13(19)18-15(21)17-12-3-1-2-4-12/h5-8,12H,1-4,9H2,(H2,17,18,19,21). The highest BCUT2D eigenvalue weighted by Gasteiger charge is 2.18. The molecule has 0 saturated heterocycles. The number of nitrogens with one attached hydrogen (secondary N) is 2. The van der Waals surface area contributed by atoms with Crippen LogP contribution in [0.3, 0.4) is 0 Å². The SMILES string of the molecule is O=C(COC(=O)c1ccc(I)cc1)NC(=O)NC1CCCC1. The molecule has 2 N–H and O–H groups in total. The Labute approximate surface area is 142 Å². The van der Waals surface area contributed by atoms with Crippen LogP contribution in [0.15, 0.2) is 24.3 Å². The lowest BCUT2D eigenvalue weighted by atomic mass is 10.2. The van der Waals surface area contributed by atoms with Crippen LogP contribution in [0.2, 0.25) is 0 Å². The minimum absolute atomic E-state index is 0.127. The van der Waals surface area contributed by atoms with Crippen LogP contribution < -0.4 is 10.6 Å². The molecule has 0 heterocycles. The molecule has 0 radical (unpaired) electrons. The highest BCUT2D eigenvalue weighted by atomic mass is 127. The molecule has 6 nitrogen and oxygen atoms in total. The second-order valence-electron chi connectivity index (χ2n) is 5.09. The fourth-order valence-electron chi connectivity index (χ4n) is 2.25. The summed E-state index contributed by atoms with van der Waals surface area (Å²) in [6.45, 7) is -0.483. The third-order valence-corrected chi connectivity index (χ3v) is 4.08. The summed E-state index contributed by atoms with van der Waals surface area (Å²) >= 11 is 2.12. The molecule has 118 valence electrons. The Morgan fingerprint density at radius 3 is 2.41 bits per heavy atom. The Bertz CT molecular complexity index is 553. The number of benzene rings is 1. The van der Waals surface area contributed by atoms with Gasteiger partial charge in [0.25, 0.3) is 5.91 Å². The van der Waals surface area contributed by atoms with E-state index in [1.807, 2.05) is 0 Å². The van der Waals surface area contributed by atoms with E-state index in [9.17, 15) is 14.4 Å². The van der Waals surface area contributed by atoms with Gasteiger partial charge in [-0.15, -0.1) is 0 Å². The molecule has 0 bridgehead atoms. The van der Waals surface area contributed by atoms with Crippen LogP contribution in [0.4, 0.5) is 4.79 Å². The van der Waals surface area contributed by atoms with Gasteiger partial charge in [0.2, 0.25) is 0 Å². The summed E-state index contributed by atoms with van der Waals surface area (Å²) in [5, 5.41) is 4.88. The molecule has 1 fully saturated rings. The number of urea groups is 1. The van der Waals surface area contributed by atoms with Crippen LogP contribution in [-0.2, 0) is 9.53 Å². The molecule has 1 saturated carbocycles. The zero-order valence-electron chi connectivity index (χ0n) is 11.9. The van der Waals surface area contributed by atoms with E-state index < -0.39 is 24.5 Å². The average Bonchev–Trinajstić information content (AvgIpc) is 2.98. The Kier molecular flexibility index (Phi) is 6.17. The second kappa shape index (κ2) is 8.11. The summed E-state index contributed by atoms with van der Waals surface area (Å²) in [5.74, 6) is -1.24. The number of hydrogen-bond donors (Lipinski definition) is 2. The van der Waals surface area contributed by atoms with E-state index >= 15 is 0 Å². The largest absolute Gasteiger partial charge is 0.452 e. The van der Waals surface area contributed by atoms with Crippen LogP contribution in [-0.4, -0.2) is 30.6 Å². The highest BCUT2D eigenvalue weighted by Crippen LogP contribution is 2.17. The van der Waals surface area contributed by atoms with Gasteiger partial charge in [0.1, 0.15) is 0 Å². The number of imide groups is 1. The molecule has 1 aromatic carbocycles. The van der Waals surface area contributed by atoms with E-state index in [0.29, 0.717) is 5.56 Å². The van der Waals surface area contributed by atoms with Crippen molar-refractivity contribution in [3.63, 3.8) is 0 Å². The van der Waals surface area contributed by atoms with E-state index in [1.54, 1.807) is 24.3 Å². The zero-order chi connectivity index (χ0) is 15.9. The van der Waals surface area contributed by atoms with Gasteiger partial charge in [0.05, 0.1) is 5.56 Å². The van der Waals surface area contributed by atoms with E-state index in [-0.39, 0.29) is 6.04 Å². The predicted molar refractivity (Wildman–Crippen MR) is 88.4 cm³/mol. The maximum atomic E-state index is 11.7. The smallest absolute Gasteiger partial charge is 0.338 e. The summed E-state index contributed by atoms with van der Waals surface area (Å²) in [6.07, 6.45) is 4.05. The zero-order valence-corrected chi connectivity index (χ0v) is 14.1. The van der Waals surface area contributed by atoms with Gasteiger partial charge in [-0.2, -0.15) is 0 Å². The number of esters is 1. The molecule has 0 aromatic heterocycles. The number of carbonyl (C=O) groups excluding carboxylic acids is 3. The lowest BCUT2D eigenvalue weighted by molar-refractivity contribution is -0.123. The van der Waals surface area contributed by atoms with Crippen molar-refractivity contribution in [2.45, 2.75) is 31.7 Å². The van der Waals surface area contributed by atoms with E-state index in [0.717, 1.165) is 29.3 Å². The molecule has 0 atom stereocenters. The highest BCUT2D eigenvalue weighted by molar-refractivity contribution is 14.1. The van der Waals surface area contributed by atoms with Crippen molar-refractivity contribution in [3.8, 4) is 0 Å². The number of ether oxygens (including phenoxy) is 1. The minimum Gasteiger partial charge on any atom is -0.452 e. The fourth-order valence-corrected chi connectivity index (χ4v) is 2.61. The average molecular weight is 416 g/mol. The van der Waals surface area contributed by atoms with Gasteiger partial charge in [-0.05, 0) is 59.7 Å². The van der Waals surface area contributed by atoms with Gasteiger partial charge in [-0.25, -0.2) is 9.59 Å². The lowest BCUT2D eigenvalue weighted by Crippen LogP contribution is -2.44. The van der Waals surface area contributed by atoms with Gasteiger partial charge in [-0.1, -0.05) is 12.8 Å². The van der Waals surface area contributed by atoms with E-state index in [4.69, 9.17) is 4.74 Å². The van der Waals surface area contributed by atoms with Crippen LogP contribution in [0.1, 0.15) is 36.0 Å². The molecule has 22 heavy (non-hydrogen) atoms. The number of rotatable bonds is 4. The Morgan fingerprint density at radius 1 is 1.14 bits per heavy atom. The maximum Gasteiger partial charge on any atom is 0.338 e. The molecule has 2 rings (SSSR count). The van der Waals surface area contributed by atoms with Gasteiger partial charge in [0.15, 0.2) is 6.61 Å². The summed E-state index contributed by atoms with van der Waals surface area (Å²) in [7, 11) is 0. The Hall–Kier alpha value is -1.64. The first-order valence-electron chi connectivity index (χ1n) is 7.07. The van der Waals surface area contributed by atoms with Gasteiger partial charge >= 0.3 is 12.0 Å². The Balaban J connectivity index is 1.71. The van der Waals surface area contributed by atoms with Crippen molar-refractivity contribution >= 4 is 40.5 Å². The number of carbonyl (C=O) groups is 3. The fraction of sp³-hybridized carbons (Fsp3) is 0.400. The number of amides is 3. The van der Waals surface area contributed by atoms with Crippen LogP contribution in [0, 0.1) is 3.57 Å². The van der Waals surface area contributed by atoms with Crippen LogP contribution in [0.5, 0.6) is 0 Å². The monoisotopic (exact) mass is 416 g/mol. The van der Waals surface area contributed by atoms with Crippen LogP contribution >= 0.6 is 22.6 Å². The summed E-state index contributed by atoms with van der Waals surface area (Å²) < 4.78 is 5.86. The van der Waals surface area contributed by atoms with Crippen molar-refractivity contribution in [2.24, 2.45) is 0 Å². The maximum absolute atomic E-state index is 11.7. The van der Waals surface area contributed by atoms with Gasteiger partial charge in [-0.3, -0.25) is 10.1 Å². The Morgan fingerprint density at radius 2 is 1.77 bits per heavy atom. The molecular formula is C15H17IN2O4. The van der Waals surface area contributed by atoms with E-state index in [1.165, 1.54) is 0 Å². The quantitative estimate of drug-likeness (QED) is 0.583. The molecule has 1 aromatic rings. The van der Waals surface area contributed by atoms with Gasteiger partial charge in [0, 0.05) is 9.61 Å². The third-order valence-electron chi connectivity index (χ3n) is 3.36. The third kappa shape index (κ3) is 5.28. The molecule has 0 unspecified atom stereocenters. The molecule has 1 aliphatic rings. The van der Waals surface area contributed by atoms with Crippen molar-refractivity contribution in [1.82, 2.24) is 10.6 Å². The molecule has 0 aliphatic heterocycles. The minimum atomic E-state index is -0.644. The predicted octanol–water partition coefficient (Wildman–Crippen LogP) is 2.22. The summed E-state index contributed by atoms with van der Waals surface area (Å²) in [4.78, 5) is 34.9.